The molecule has 1 aliphatic carbocycles. The quantitative estimate of drug-likeness (QED) is 0.358. The Morgan fingerprint density at radius 2 is 2.00 bits per heavy atom. The Bertz CT molecular complexity index is 1710. The normalized spacial score (nSPS) is 21.4. The SMILES string of the molecule is Cc1ccc(S(=O)(=O)n2cc(-c3ncc(F)c(N[C@H]4CCCC5(CNC(=O)C5)C4)n3)c3cc(Cl)cnc32)cc1. The summed E-state index contributed by atoms with van der Waals surface area (Å²) in [6.45, 7) is 2.50. The number of hydrogen-bond acceptors (Lipinski definition) is 7. The van der Waals surface area contributed by atoms with E-state index in [-0.39, 0.29) is 39.5 Å². The number of pyridine rings is 1. The van der Waals surface area contributed by atoms with Crippen LogP contribution in [-0.4, -0.2) is 45.8 Å². The van der Waals surface area contributed by atoms with Gasteiger partial charge in [0.1, 0.15) is 0 Å². The summed E-state index contributed by atoms with van der Waals surface area (Å²) in [4.78, 5) is 24.9. The number of halogens is 2. The van der Waals surface area contributed by atoms with Crippen molar-refractivity contribution in [3.8, 4) is 11.4 Å². The lowest BCUT2D eigenvalue weighted by molar-refractivity contribution is -0.119. The zero-order valence-electron chi connectivity index (χ0n) is 21.1. The molecule has 1 amide bonds. The molecule has 1 aliphatic heterocycles. The number of aromatic nitrogens is 4. The lowest BCUT2D eigenvalue weighted by atomic mass is 9.71. The van der Waals surface area contributed by atoms with Gasteiger partial charge in [-0.2, -0.15) is 0 Å². The van der Waals surface area contributed by atoms with E-state index in [4.69, 9.17) is 11.6 Å². The summed E-state index contributed by atoms with van der Waals surface area (Å²) in [6.07, 6.45) is 7.72. The number of carbonyl (C=O) groups is 1. The fourth-order valence-electron chi connectivity index (χ4n) is 5.68. The molecule has 1 spiro atoms. The first-order valence-electron chi connectivity index (χ1n) is 12.7. The van der Waals surface area contributed by atoms with E-state index in [0.29, 0.717) is 28.9 Å². The average Bonchev–Trinajstić information content (AvgIpc) is 3.46. The molecule has 202 valence electrons. The van der Waals surface area contributed by atoms with Gasteiger partial charge in [0, 0.05) is 42.4 Å². The van der Waals surface area contributed by atoms with E-state index in [0.717, 1.165) is 41.4 Å². The first-order valence-corrected chi connectivity index (χ1v) is 14.5. The average molecular weight is 569 g/mol. The van der Waals surface area contributed by atoms with Crippen LogP contribution in [0.15, 0.2) is 53.8 Å². The molecule has 2 N–H and O–H groups in total. The highest BCUT2D eigenvalue weighted by Crippen LogP contribution is 2.42. The third-order valence-electron chi connectivity index (χ3n) is 7.62. The van der Waals surface area contributed by atoms with E-state index < -0.39 is 15.8 Å². The second-order valence-electron chi connectivity index (χ2n) is 10.5. The predicted octanol–water partition coefficient (Wildman–Crippen LogP) is 4.69. The number of amides is 1. The molecular weight excluding hydrogens is 543 g/mol. The van der Waals surface area contributed by atoms with Gasteiger partial charge in [-0.3, -0.25) is 4.79 Å². The minimum Gasteiger partial charge on any atom is -0.365 e. The third-order valence-corrected chi connectivity index (χ3v) is 9.49. The van der Waals surface area contributed by atoms with Crippen molar-refractivity contribution in [3.63, 3.8) is 0 Å². The second-order valence-corrected chi connectivity index (χ2v) is 12.7. The van der Waals surface area contributed by atoms with Crippen LogP contribution in [0.2, 0.25) is 5.02 Å². The third kappa shape index (κ3) is 4.74. The molecule has 9 nitrogen and oxygen atoms in total. The van der Waals surface area contributed by atoms with Gasteiger partial charge >= 0.3 is 0 Å². The maximum atomic E-state index is 14.9. The van der Waals surface area contributed by atoms with Crippen LogP contribution in [-0.2, 0) is 14.8 Å². The summed E-state index contributed by atoms with van der Waals surface area (Å²) < 4.78 is 43.1. The highest BCUT2D eigenvalue weighted by atomic mass is 35.5. The Hall–Kier alpha value is -3.57. The van der Waals surface area contributed by atoms with Gasteiger partial charge in [0.2, 0.25) is 5.91 Å². The van der Waals surface area contributed by atoms with Crippen LogP contribution < -0.4 is 10.6 Å². The van der Waals surface area contributed by atoms with Crippen molar-refractivity contribution in [1.29, 1.82) is 0 Å². The molecular formula is C27H26ClFN6O3S. The number of rotatable bonds is 5. The smallest absolute Gasteiger partial charge is 0.269 e. The summed E-state index contributed by atoms with van der Waals surface area (Å²) in [5, 5.41) is 6.87. The standard InChI is InChI=1S/C27H26ClFN6O3S/c1-16-4-6-19(7-5-16)39(37,38)35-14-21(20-9-17(28)12-31-26(20)35)24-30-13-22(29)25(34-24)33-18-3-2-8-27(10-18)11-23(36)32-15-27/h4-7,9,12-14,18H,2-3,8,10-11,15H2,1H3,(H,32,36)(H,30,33,34)/t18-,27?/m0/s1. The largest absolute Gasteiger partial charge is 0.365 e. The van der Waals surface area contributed by atoms with Gasteiger partial charge in [-0.05, 0) is 49.8 Å². The molecule has 1 unspecified atom stereocenters. The highest BCUT2D eigenvalue weighted by molar-refractivity contribution is 7.90. The summed E-state index contributed by atoms with van der Waals surface area (Å²) in [5.74, 6) is -0.410. The molecule has 4 heterocycles. The molecule has 1 aromatic carbocycles. The molecule has 12 heteroatoms. The van der Waals surface area contributed by atoms with Gasteiger partial charge in [0.15, 0.2) is 23.1 Å². The van der Waals surface area contributed by atoms with E-state index >= 15 is 0 Å². The molecule has 3 aromatic heterocycles. The van der Waals surface area contributed by atoms with Crippen molar-refractivity contribution >= 4 is 44.4 Å². The van der Waals surface area contributed by atoms with Crippen molar-refractivity contribution in [3.05, 3.63) is 65.3 Å². The monoisotopic (exact) mass is 568 g/mol. The van der Waals surface area contributed by atoms with Gasteiger partial charge in [-0.15, -0.1) is 0 Å². The minimum absolute atomic E-state index is 0.0246. The first-order chi connectivity index (χ1) is 18.6. The van der Waals surface area contributed by atoms with Gasteiger partial charge in [0.05, 0.1) is 16.1 Å². The number of hydrogen-bond donors (Lipinski definition) is 2. The molecule has 2 atom stereocenters. The van der Waals surface area contributed by atoms with Crippen molar-refractivity contribution < 1.29 is 17.6 Å². The lowest BCUT2D eigenvalue weighted by Crippen LogP contribution is -2.37. The fraction of sp³-hybridized carbons (Fsp3) is 0.333. The molecule has 1 saturated heterocycles. The van der Waals surface area contributed by atoms with E-state index in [1.54, 1.807) is 18.2 Å². The van der Waals surface area contributed by atoms with Gasteiger partial charge < -0.3 is 10.6 Å². The van der Waals surface area contributed by atoms with Crippen LogP contribution in [0.5, 0.6) is 0 Å². The van der Waals surface area contributed by atoms with Crippen LogP contribution in [0.25, 0.3) is 22.4 Å². The molecule has 2 fully saturated rings. The lowest BCUT2D eigenvalue weighted by Gasteiger charge is -2.37. The van der Waals surface area contributed by atoms with Crippen LogP contribution in [0, 0.1) is 18.2 Å². The number of aryl methyl sites for hydroxylation is 1. The van der Waals surface area contributed by atoms with E-state index in [9.17, 15) is 17.6 Å². The number of nitrogens with zero attached hydrogens (tertiary/aromatic N) is 4. The van der Waals surface area contributed by atoms with E-state index in [1.165, 1.54) is 24.5 Å². The molecule has 6 rings (SSSR count). The van der Waals surface area contributed by atoms with Crippen LogP contribution >= 0.6 is 11.6 Å². The number of nitrogens with one attached hydrogen (secondary N) is 2. The fourth-order valence-corrected chi connectivity index (χ4v) is 7.16. The number of fused-ring (bicyclic) bond motifs is 1. The maximum absolute atomic E-state index is 14.9. The van der Waals surface area contributed by atoms with Gasteiger partial charge in [-0.25, -0.2) is 31.7 Å². The molecule has 0 radical (unpaired) electrons. The molecule has 39 heavy (non-hydrogen) atoms. The minimum atomic E-state index is -4.01. The zero-order valence-corrected chi connectivity index (χ0v) is 22.7. The summed E-state index contributed by atoms with van der Waals surface area (Å²) in [7, 11) is -4.01. The van der Waals surface area contributed by atoms with Crippen molar-refractivity contribution in [2.75, 3.05) is 11.9 Å². The highest BCUT2D eigenvalue weighted by Gasteiger charge is 2.42. The summed E-state index contributed by atoms with van der Waals surface area (Å²) in [5.41, 5.74) is 1.31. The Labute approximate surface area is 229 Å². The second kappa shape index (κ2) is 9.56. The van der Waals surface area contributed by atoms with Gasteiger partial charge in [-0.1, -0.05) is 35.7 Å². The van der Waals surface area contributed by atoms with Crippen LogP contribution in [0.3, 0.4) is 0 Å². The maximum Gasteiger partial charge on any atom is 0.269 e. The summed E-state index contributed by atoms with van der Waals surface area (Å²) in [6, 6.07) is 8.04. The number of carbonyl (C=O) groups excluding carboxylic acids is 1. The van der Waals surface area contributed by atoms with E-state index in [2.05, 4.69) is 25.6 Å². The number of anilines is 1. The zero-order chi connectivity index (χ0) is 27.4. The van der Waals surface area contributed by atoms with Crippen LogP contribution in [0.4, 0.5) is 10.2 Å². The van der Waals surface area contributed by atoms with Crippen molar-refractivity contribution in [1.82, 2.24) is 24.2 Å². The molecule has 0 bridgehead atoms. The molecule has 2 aliphatic rings. The Morgan fingerprint density at radius 3 is 2.74 bits per heavy atom. The van der Waals surface area contributed by atoms with E-state index in [1.807, 2.05) is 6.92 Å². The first kappa shape index (κ1) is 25.7. The molecule has 4 aromatic rings. The van der Waals surface area contributed by atoms with Crippen molar-refractivity contribution in [2.45, 2.75) is 50.0 Å². The van der Waals surface area contributed by atoms with Crippen LogP contribution in [0.1, 0.15) is 37.7 Å². The van der Waals surface area contributed by atoms with Crippen molar-refractivity contribution in [2.24, 2.45) is 5.41 Å². The summed E-state index contributed by atoms with van der Waals surface area (Å²) >= 11 is 6.23. The Kier molecular flexibility index (Phi) is 6.30. The van der Waals surface area contributed by atoms with Gasteiger partial charge in [0.25, 0.3) is 10.0 Å². The Morgan fingerprint density at radius 1 is 1.21 bits per heavy atom. The molecule has 1 saturated carbocycles. The predicted molar refractivity (Wildman–Crippen MR) is 145 cm³/mol. The topological polar surface area (TPSA) is 119 Å². The Balaban J connectivity index is 1.38. The number of benzene rings is 1.